The van der Waals surface area contributed by atoms with Crippen LogP contribution in [0, 0.1) is 0 Å². The van der Waals surface area contributed by atoms with E-state index >= 15 is 0 Å². The van der Waals surface area contributed by atoms with E-state index < -0.39 is 15.9 Å². The van der Waals surface area contributed by atoms with Crippen molar-refractivity contribution in [2.45, 2.75) is 18.2 Å². The van der Waals surface area contributed by atoms with Crippen molar-refractivity contribution in [3.8, 4) is 5.75 Å². The number of hydrogen-bond acceptors (Lipinski definition) is 5. The second-order valence-corrected chi connectivity index (χ2v) is 6.72. The van der Waals surface area contributed by atoms with Crippen LogP contribution in [-0.2, 0) is 14.8 Å². The number of thiocarbonyl (C=S) groups is 1. The Morgan fingerprint density at radius 3 is 2.64 bits per heavy atom. The molecule has 0 aliphatic heterocycles. The largest absolute Gasteiger partial charge is 0.492 e. The molecule has 1 aromatic carbocycles. The van der Waals surface area contributed by atoms with Gasteiger partial charge in [0.05, 0.1) is 13.2 Å². The third-order valence-electron chi connectivity index (χ3n) is 2.65. The number of primary amides is 1. The Kier molecular flexibility index (Phi) is 6.57. The van der Waals surface area contributed by atoms with Crippen LogP contribution in [0.4, 0.5) is 0 Å². The van der Waals surface area contributed by atoms with Crippen molar-refractivity contribution < 1.29 is 17.9 Å². The van der Waals surface area contributed by atoms with Crippen molar-refractivity contribution >= 4 is 33.3 Å². The van der Waals surface area contributed by atoms with E-state index in [4.69, 9.17) is 22.7 Å². The molecule has 22 heavy (non-hydrogen) atoms. The molecule has 1 rings (SSSR count). The number of ether oxygens (including phenoxy) is 1. The topological polar surface area (TPSA) is 102 Å². The van der Waals surface area contributed by atoms with Gasteiger partial charge in [0.1, 0.15) is 10.6 Å². The summed E-state index contributed by atoms with van der Waals surface area (Å²) in [6, 6.07) is 6.30. The van der Waals surface area contributed by atoms with E-state index in [9.17, 15) is 13.2 Å². The molecule has 0 bridgehead atoms. The molecular weight excluding hydrogens is 326 g/mol. The first-order valence-corrected chi connectivity index (χ1v) is 8.42. The van der Waals surface area contributed by atoms with Crippen molar-refractivity contribution in [2.24, 2.45) is 5.73 Å². The fourth-order valence-electron chi connectivity index (χ4n) is 1.53. The monoisotopic (exact) mass is 345 g/mol. The molecule has 9 heteroatoms. The molecule has 0 heterocycles. The summed E-state index contributed by atoms with van der Waals surface area (Å²) in [5.74, 6) is -0.381. The van der Waals surface area contributed by atoms with Crippen LogP contribution in [0.15, 0.2) is 29.2 Å². The van der Waals surface area contributed by atoms with Crippen LogP contribution in [0.5, 0.6) is 5.75 Å². The SMILES string of the molecule is CCCOc1ccccc1S(=O)(=O)N(C)C(=S)NCC(N)=O. The summed E-state index contributed by atoms with van der Waals surface area (Å²) in [4.78, 5) is 10.7. The van der Waals surface area contributed by atoms with Gasteiger partial charge in [-0.15, -0.1) is 0 Å². The average Bonchev–Trinajstić information content (AvgIpc) is 2.49. The van der Waals surface area contributed by atoms with Gasteiger partial charge in [-0.2, -0.15) is 0 Å². The van der Waals surface area contributed by atoms with Gasteiger partial charge >= 0.3 is 0 Å². The van der Waals surface area contributed by atoms with Crippen LogP contribution in [0.3, 0.4) is 0 Å². The van der Waals surface area contributed by atoms with E-state index in [1.54, 1.807) is 18.2 Å². The van der Waals surface area contributed by atoms with Crippen molar-refractivity contribution in [1.29, 1.82) is 0 Å². The first kappa shape index (κ1) is 18.2. The quantitative estimate of drug-likeness (QED) is 0.696. The Bertz CT molecular complexity index is 646. The maximum Gasteiger partial charge on any atom is 0.269 e. The predicted octanol–water partition coefficient (Wildman–Crippen LogP) is 0.456. The maximum absolute atomic E-state index is 12.6. The summed E-state index contributed by atoms with van der Waals surface area (Å²) in [5.41, 5.74) is 4.99. The highest BCUT2D eigenvalue weighted by Crippen LogP contribution is 2.26. The number of benzene rings is 1. The smallest absolute Gasteiger partial charge is 0.269 e. The highest BCUT2D eigenvalue weighted by Gasteiger charge is 2.26. The van der Waals surface area contributed by atoms with Gasteiger partial charge in [0.25, 0.3) is 10.0 Å². The number of carbonyl (C=O) groups excluding carboxylic acids is 1. The van der Waals surface area contributed by atoms with Crippen molar-refractivity contribution in [3.63, 3.8) is 0 Å². The molecule has 0 unspecified atom stereocenters. The first-order chi connectivity index (χ1) is 10.3. The minimum absolute atomic E-state index is 0.00850. The van der Waals surface area contributed by atoms with Gasteiger partial charge in [-0.05, 0) is 30.8 Å². The fourth-order valence-corrected chi connectivity index (χ4v) is 3.10. The van der Waals surface area contributed by atoms with Gasteiger partial charge in [0.15, 0.2) is 5.11 Å². The predicted molar refractivity (Wildman–Crippen MR) is 87.0 cm³/mol. The number of carbonyl (C=O) groups is 1. The number of para-hydroxylation sites is 1. The molecule has 0 spiro atoms. The number of rotatable bonds is 7. The molecule has 0 aliphatic rings. The normalized spacial score (nSPS) is 10.8. The Morgan fingerprint density at radius 2 is 2.05 bits per heavy atom. The molecule has 1 amide bonds. The molecular formula is C13H19N3O4S2. The lowest BCUT2D eigenvalue weighted by Gasteiger charge is -2.22. The second kappa shape index (κ2) is 7.95. The van der Waals surface area contributed by atoms with E-state index in [-0.39, 0.29) is 22.3 Å². The molecule has 0 atom stereocenters. The van der Waals surface area contributed by atoms with Gasteiger partial charge < -0.3 is 15.8 Å². The maximum atomic E-state index is 12.6. The number of nitrogens with zero attached hydrogens (tertiary/aromatic N) is 1. The molecule has 3 N–H and O–H groups in total. The standard InChI is InChI=1S/C13H19N3O4S2/c1-3-8-20-10-6-4-5-7-11(10)22(18,19)16(2)13(21)15-9-12(14)17/h4-7H,3,8-9H2,1-2H3,(H2,14,17)(H,15,21). The zero-order valence-electron chi connectivity index (χ0n) is 12.4. The van der Waals surface area contributed by atoms with E-state index in [1.165, 1.54) is 13.1 Å². The Labute approximate surface area is 135 Å². The number of sulfonamides is 1. The molecule has 0 radical (unpaired) electrons. The Morgan fingerprint density at radius 1 is 1.41 bits per heavy atom. The van der Waals surface area contributed by atoms with E-state index in [1.807, 2.05) is 6.92 Å². The van der Waals surface area contributed by atoms with Crippen molar-refractivity contribution in [3.05, 3.63) is 24.3 Å². The first-order valence-electron chi connectivity index (χ1n) is 6.57. The van der Waals surface area contributed by atoms with Crippen LogP contribution >= 0.6 is 12.2 Å². The van der Waals surface area contributed by atoms with Gasteiger partial charge in [0, 0.05) is 7.05 Å². The molecule has 0 fully saturated rings. The van der Waals surface area contributed by atoms with Crippen LogP contribution in [0.2, 0.25) is 0 Å². The minimum Gasteiger partial charge on any atom is -0.492 e. The van der Waals surface area contributed by atoms with Crippen molar-refractivity contribution in [1.82, 2.24) is 9.62 Å². The van der Waals surface area contributed by atoms with E-state index in [0.29, 0.717) is 6.61 Å². The third kappa shape index (κ3) is 4.57. The molecule has 122 valence electrons. The molecule has 0 aliphatic carbocycles. The number of amides is 1. The van der Waals surface area contributed by atoms with E-state index in [0.717, 1.165) is 10.7 Å². The highest BCUT2D eigenvalue weighted by molar-refractivity contribution is 7.91. The minimum atomic E-state index is -3.89. The van der Waals surface area contributed by atoms with E-state index in [2.05, 4.69) is 5.32 Å². The number of nitrogens with two attached hydrogens (primary N) is 1. The summed E-state index contributed by atoms with van der Waals surface area (Å²) >= 11 is 4.96. The van der Waals surface area contributed by atoms with Crippen LogP contribution in [-0.4, -0.2) is 43.9 Å². The molecule has 7 nitrogen and oxygen atoms in total. The summed E-state index contributed by atoms with van der Waals surface area (Å²) in [6.07, 6.45) is 0.753. The lowest BCUT2D eigenvalue weighted by molar-refractivity contribution is -0.116. The molecule has 0 saturated heterocycles. The van der Waals surface area contributed by atoms with Crippen molar-refractivity contribution in [2.75, 3.05) is 20.2 Å². The summed E-state index contributed by atoms with van der Waals surface area (Å²) in [6.45, 7) is 2.08. The fraction of sp³-hybridized carbons (Fsp3) is 0.385. The van der Waals surface area contributed by atoms with Crippen LogP contribution < -0.4 is 15.8 Å². The lowest BCUT2D eigenvalue weighted by Crippen LogP contribution is -2.43. The summed E-state index contributed by atoms with van der Waals surface area (Å²) in [7, 11) is -2.60. The molecule has 0 saturated carbocycles. The molecule has 0 aromatic heterocycles. The van der Waals surface area contributed by atoms with Gasteiger partial charge in [-0.25, -0.2) is 12.7 Å². The van der Waals surface area contributed by atoms with Crippen LogP contribution in [0.25, 0.3) is 0 Å². The number of hydrogen-bond donors (Lipinski definition) is 2. The number of nitrogens with one attached hydrogen (secondary N) is 1. The third-order valence-corrected chi connectivity index (χ3v) is 4.98. The van der Waals surface area contributed by atoms with Gasteiger partial charge in [-0.1, -0.05) is 19.1 Å². The highest BCUT2D eigenvalue weighted by atomic mass is 32.2. The Balaban J connectivity index is 3.03. The van der Waals surface area contributed by atoms with Crippen LogP contribution in [0.1, 0.15) is 13.3 Å². The Hall–Kier alpha value is -1.87. The summed E-state index contributed by atoms with van der Waals surface area (Å²) < 4.78 is 31.5. The second-order valence-electron chi connectivity index (χ2n) is 4.39. The zero-order valence-corrected chi connectivity index (χ0v) is 14.0. The zero-order chi connectivity index (χ0) is 16.8. The lowest BCUT2D eigenvalue weighted by atomic mass is 10.3. The average molecular weight is 345 g/mol. The molecule has 1 aromatic rings. The summed E-state index contributed by atoms with van der Waals surface area (Å²) in [5, 5.41) is 2.36. The van der Waals surface area contributed by atoms with Gasteiger partial charge in [0.2, 0.25) is 5.91 Å². The van der Waals surface area contributed by atoms with Gasteiger partial charge in [-0.3, -0.25) is 4.79 Å².